The molecule has 0 aliphatic heterocycles. The highest BCUT2D eigenvalue weighted by Crippen LogP contribution is 2.22. The van der Waals surface area contributed by atoms with E-state index in [0.29, 0.717) is 17.0 Å². The van der Waals surface area contributed by atoms with Gasteiger partial charge in [0.05, 0.1) is 0 Å². The molecule has 0 saturated carbocycles. The molecule has 0 fully saturated rings. The Morgan fingerprint density at radius 2 is 2.00 bits per heavy atom. The molecule has 3 heteroatoms. The van der Waals surface area contributed by atoms with E-state index >= 15 is 0 Å². The summed E-state index contributed by atoms with van der Waals surface area (Å²) in [6.45, 7) is 5.87. The Kier molecular flexibility index (Phi) is 2.79. The van der Waals surface area contributed by atoms with Gasteiger partial charge in [-0.1, -0.05) is 0 Å². The molecular weight excluding hydrogens is 178 g/mol. The number of anilines is 1. The lowest BCUT2D eigenvalue weighted by Gasteiger charge is -2.21. The highest BCUT2D eigenvalue weighted by molar-refractivity contribution is 5.83. The SMILES string of the molecule is CC(C)(C)Oc1ccc(C=O)c(N)c1. The molecule has 2 N–H and O–H groups in total. The minimum Gasteiger partial charge on any atom is -0.488 e. The van der Waals surface area contributed by atoms with Crippen LogP contribution in [0.2, 0.25) is 0 Å². The van der Waals surface area contributed by atoms with Gasteiger partial charge in [-0.2, -0.15) is 0 Å². The number of carbonyl (C=O) groups is 1. The third-order valence-corrected chi connectivity index (χ3v) is 1.61. The average Bonchev–Trinajstić information content (AvgIpc) is 2.01. The summed E-state index contributed by atoms with van der Waals surface area (Å²) in [6.07, 6.45) is 0.732. The largest absolute Gasteiger partial charge is 0.488 e. The van der Waals surface area contributed by atoms with Gasteiger partial charge in [-0.3, -0.25) is 4.79 Å². The van der Waals surface area contributed by atoms with Gasteiger partial charge in [-0.25, -0.2) is 0 Å². The van der Waals surface area contributed by atoms with Crippen molar-refractivity contribution in [3.05, 3.63) is 23.8 Å². The summed E-state index contributed by atoms with van der Waals surface area (Å²) in [5.41, 5.74) is 6.32. The van der Waals surface area contributed by atoms with Gasteiger partial charge in [0.15, 0.2) is 6.29 Å². The van der Waals surface area contributed by atoms with E-state index in [-0.39, 0.29) is 5.60 Å². The number of hydrogen-bond acceptors (Lipinski definition) is 3. The molecule has 3 nitrogen and oxygen atoms in total. The number of carbonyl (C=O) groups excluding carboxylic acids is 1. The van der Waals surface area contributed by atoms with Gasteiger partial charge in [-0.15, -0.1) is 0 Å². The first kappa shape index (κ1) is 10.6. The minimum atomic E-state index is -0.255. The van der Waals surface area contributed by atoms with Crippen molar-refractivity contribution in [2.75, 3.05) is 5.73 Å². The molecule has 1 rings (SSSR count). The third kappa shape index (κ3) is 2.76. The molecule has 0 unspecified atom stereocenters. The fraction of sp³-hybridized carbons (Fsp3) is 0.364. The van der Waals surface area contributed by atoms with Crippen LogP contribution < -0.4 is 10.5 Å². The average molecular weight is 193 g/mol. The summed E-state index contributed by atoms with van der Waals surface area (Å²) < 4.78 is 5.59. The molecule has 0 aliphatic carbocycles. The van der Waals surface area contributed by atoms with E-state index in [0.717, 1.165) is 6.29 Å². The maximum atomic E-state index is 10.5. The van der Waals surface area contributed by atoms with Gasteiger partial charge in [0.1, 0.15) is 11.4 Å². The Bertz CT molecular complexity index is 340. The number of hydrogen-bond donors (Lipinski definition) is 1. The summed E-state index contributed by atoms with van der Waals surface area (Å²) in [7, 11) is 0. The van der Waals surface area contributed by atoms with Crippen LogP contribution in [0.15, 0.2) is 18.2 Å². The molecule has 0 amide bonds. The maximum Gasteiger partial charge on any atom is 0.152 e. The molecule has 76 valence electrons. The Morgan fingerprint density at radius 3 is 2.43 bits per heavy atom. The van der Waals surface area contributed by atoms with Gasteiger partial charge < -0.3 is 10.5 Å². The van der Waals surface area contributed by atoms with Crippen molar-refractivity contribution in [1.29, 1.82) is 0 Å². The first-order chi connectivity index (χ1) is 6.42. The molecule has 0 atom stereocenters. The topological polar surface area (TPSA) is 52.3 Å². The summed E-state index contributed by atoms with van der Waals surface area (Å²) in [6, 6.07) is 5.06. The van der Waals surface area contributed by atoms with Crippen molar-refractivity contribution in [2.45, 2.75) is 26.4 Å². The zero-order valence-electron chi connectivity index (χ0n) is 8.70. The monoisotopic (exact) mass is 193 g/mol. The number of aldehydes is 1. The number of rotatable bonds is 2. The predicted octanol–water partition coefficient (Wildman–Crippen LogP) is 2.26. The van der Waals surface area contributed by atoms with E-state index in [1.54, 1.807) is 18.2 Å². The third-order valence-electron chi connectivity index (χ3n) is 1.61. The van der Waals surface area contributed by atoms with Crippen LogP contribution in [0.1, 0.15) is 31.1 Å². The molecule has 0 spiro atoms. The minimum absolute atomic E-state index is 0.255. The first-order valence-electron chi connectivity index (χ1n) is 4.46. The van der Waals surface area contributed by atoms with Gasteiger partial charge in [0.2, 0.25) is 0 Å². The second-order valence-electron chi connectivity index (χ2n) is 4.12. The number of nitrogen functional groups attached to an aromatic ring is 1. The molecule has 1 aromatic rings. The molecule has 0 heterocycles. The quantitative estimate of drug-likeness (QED) is 0.579. The number of benzene rings is 1. The molecule has 0 bridgehead atoms. The fourth-order valence-corrected chi connectivity index (χ4v) is 1.08. The maximum absolute atomic E-state index is 10.5. The van der Waals surface area contributed by atoms with Crippen LogP contribution >= 0.6 is 0 Å². The number of ether oxygens (including phenoxy) is 1. The fourth-order valence-electron chi connectivity index (χ4n) is 1.08. The van der Waals surface area contributed by atoms with Gasteiger partial charge in [-0.05, 0) is 32.9 Å². The van der Waals surface area contributed by atoms with Gasteiger partial charge in [0.25, 0.3) is 0 Å². The van der Waals surface area contributed by atoms with Crippen LogP contribution in [0.4, 0.5) is 5.69 Å². The lowest BCUT2D eigenvalue weighted by molar-refractivity contribution is 0.112. The number of nitrogens with two attached hydrogens (primary N) is 1. The van der Waals surface area contributed by atoms with E-state index < -0.39 is 0 Å². The molecule has 0 aliphatic rings. The van der Waals surface area contributed by atoms with E-state index in [1.807, 2.05) is 20.8 Å². The molecule has 0 saturated heterocycles. The van der Waals surface area contributed by atoms with Crippen LogP contribution in [-0.4, -0.2) is 11.9 Å². The van der Waals surface area contributed by atoms with Crippen molar-refractivity contribution in [1.82, 2.24) is 0 Å². The standard InChI is InChI=1S/C11H15NO2/c1-11(2,3)14-9-5-4-8(7-13)10(12)6-9/h4-7H,12H2,1-3H3. The lowest BCUT2D eigenvalue weighted by Crippen LogP contribution is -2.23. The Hall–Kier alpha value is -1.51. The van der Waals surface area contributed by atoms with Gasteiger partial charge >= 0.3 is 0 Å². The Labute approximate surface area is 83.9 Å². The summed E-state index contributed by atoms with van der Waals surface area (Å²) in [4.78, 5) is 10.5. The zero-order valence-corrected chi connectivity index (χ0v) is 8.70. The van der Waals surface area contributed by atoms with Crippen LogP contribution in [0.5, 0.6) is 5.75 Å². The highest BCUT2D eigenvalue weighted by Gasteiger charge is 2.12. The van der Waals surface area contributed by atoms with E-state index in [9.17, 15) is 4.79 Å². The first-order valence-corrected chi connectivity index (χ1v) is 4.46. The van der Waals surface area contributed by atoms with E-state index in [4.69, 9.17) is 10.5 Å². The van der Waals surface area contributed by atoms with E-state index in [1.165, 1.54) is 0 Å². The normalized spacial score (nSPS) is 11.1. The molecule has 1 aromatic carbocycles. The van der Waals surface area contributed by atoms with Crippen LogP contribution in [0, 0.1) is 0 Å². The van der Waals surface area contributed by atoms with Crippen LogP contribution in [0.3, 0.4) is 0 Å². The Morgan fingerprint density at radius 1 is 1.36 bits per heavy atom. The molecular formula is C11H15NO2. The van der Waals surface area contributed by atoms with Crippen LogP contribution in [-0.2, 0) is 0 Å². The second-order valence-corrected chi connectivity index (χ2v) is 4.12. The summed E-state index contributed by atoms with van der Waals surface area (Å²) in [5.74, 6) is 0.681. The highest BCUT2D eigenvalue weighted by atomic mass is 16.5. The van der Waals surface area contributed by atoms with Crippen molar-refractivity contribution >= 4 is 12.0 Å². The van der Waals surface area contributed by atoms with Crippen molar-refractivity contribution < 1.29 is 9.53 Å². The van der Waals surface area contributed by atoms with Crippen molar-refractivity contribution in [3.63, 3.8) is 0 Å². The smallest absolute Gasteiger partial charge is 0.152 e. The van der Waals surface area contributed by atoms with Crippen molar-refractivity contribution in [3.8, 4) is 5.75 Å². The zero-order chi connectivity index (χ0) is 10.8. The second kappa shape index (κ2) is 3.70. The summed E-state index contributed by atoms with van der Waals surface area (Å²) in [5, 5.41) is 0. The summed E-state index contributed by atoms with van der Waals surface area (Å²) >= 11 is 0. The van der Waals surface area contributed by atoms with E-state index in [2.05, 4.69) is 0 Å². The van der Waals surface area contributed by atoms with Crippen molar-refractivity contribution in [2.24, 2.45) is 0 Å². The Balaban J connectivity index is 2.92. The van der Waals surface area contributed by atoms with Gasteiger partial charge in [0, 0.05) is 17.3 Å². The lowest BCUT2D eigenvalue weighted by atomic mass is 10.1. The molecule has 0 radical (unpaired) electrons. The van der Waals surface area contributed by atoms with Crippen LogP contribution in [0.25, 0.3) is 0 Å². The molecule has 14 heavy (non-hydrogen) atoms. The predicted molar refractivity (Wildman–Crippen MR) is 56.6 cm³/mol. The molecule has 0 aromatic heterocycles.